The number of phenols is 1. The van der Waals surface area contributed by atoms with Crippen LogP contribution < -0.4 is 4.74 Å². The summed E-state index contributed by atoms with van der Waals surface area (Å²) in [6.07, 6.45) is 7.73. The van der Waals surface area contributed by atoms with Gasteiger partial charge in [0.05, 0.1) is 6.61 Å². The predicted octanol–water partition coefficient (Wildman–Crippen LogP) is 4.65. The van der Waals surface area contributed by atoms with Gasteiger partial charge in [0.2, 0.25) is 0 Å². The molecule has 0 aromatic heterocycles. The molecule has 4 heteroatoms. The Bertz CT molecular complexity index is 534. The molecule has 2 N–H and O–H groups in total. The Labute approximate surface area is 138 Å². The highest BCUT2D eigenvalue weighted by Crippen LogP contribution is 2.30. The van der Waals surface area contributed by atoms with Crippen LogP contribution in [-0.4, -0.2) is 22.8 Å². The van der Waals surface area contributed by atoms with Crippen molar-refractivity contribution in [1.82, 2.24) is 0 Å². The molecule has 1 aromatic rings. The minimum atomic E-state index is -1.04. The zero-order valence-corrected chi connectivity index (χ0v) is 14.3. The molecule has 0 amide bonds. The van der Waals surface area contributed by atoms with E-state index in [-0.39, 0.29) is 5.75 Å². The van der Waals surface area contributed by atoms with Crippen molar-refractivity contribution >= 4 is 12.0 Å². The molecular weight excluding hydrogens is 292 g/mol. The van der Waals surface area contributed by atoms with Gasteiger partial charge >= 0.3 is 5.97 Å². The average Bonchev–Trinajstić information content (AvgIpc) is 2.53. The van der Waals surface area contributed by atoms with Gasteiger partial charge in [-0.05, 0) is 42.9 Å². The Morgan fingerprint density at radius 3 is 2.65 bits per heavy atom. The summed E-state index contributed by atoms with van der Waals surface area (Å²) in [4.78, 5) is 10.6. The number of rotatable bonds is 10. The number of hydrogen-bond donors (Lipinski definition) is 2. The van der Waals surface area contributed by atoms with Gasteiger partial charge in [-0.15, -0.1) is 0 Å². The fourth-order valence-corrected chi connectivity index (χ4v) is 2.32. The van der Waals surface area contributed by atoms with E-state index in [1.54, 1.807) is 12.1 Å². The van der Waals surface area contributed by atoms with Crippen molar-refractivity contribution in [3.63, 3.8) is 0 Å². The molecule has 128 valence electrons. The number of carboxylic acids is 1. The number of ether oxygens (including phenoxy) is 1. The van der Waals surface area contributed by atoms with Gasteiger partial charge in [0, 0.05) is 17.7 Å². The van der Waals surface area contributed by atoms with E-state index in [0.717, 1.165) is 36.8 Å². The summed E-state index contributed by atoms with van der Waals surface area (Å²) in [6, 6.07) is 3.36. The van der Waals surface area contributed by atoms with Gasteiger partial charge in [-0.1, -0.05) is 33.6 Å². The lowest BCUT2D eigenvalue weighted by atomic mass is 10.0. The summed E-state index contributed by atoms with van der Waals surface area (Å²) in [5.74, 6) is 0.435. The quantitative estimate of drug-likeness (QED) is 0.486. The molecule has 0 saturated carbocycles. The van der Waals surface area contributed by atoms with E-state index in [2.05, 4.69) is 13.8 Å². The van der Waals surface area contributed by atoms with Gasteiger partial charge in [-0.2, -0.15) is 0 Å². The molecule has 0 radical (unpaired) electrons. The second-order valence-electron chi connectivity index (χ2n) is 5.90. The van der Waals surface area contributed by atoms with Crippen LogP contribution in [0.15, 0.2) is 18.2 Å². The molecule has 4 nitrogen and oxygen atoms in total. The molecule has 0 bridgehead atoms. The number of carboxylic acid groups (broad SMARTS) is 1. The molecule has 1 unspecified atom stereocenters. The third-order valence-corrected chi connectivity index (χ3v) is 4.04. The summed E-state index contributed by atoms with van der Waals surface area (Å²) in [6.45, 7) is 7.11. The fourth-order valence-electron chi connectivity index (χ4n) is 2.32. The number of unbranched alkanes of at least 4 members (excludes halogenated alkanes) is 1. The lowest BCUT2D eigenvalue weighted by Gasteiger charge is -2.13. The van der Waals surface area contributed by atoms with Crippen molar-refractivity contribution in [2.24, 2.45) is 5.92 Å². The maximum Gasteiger partial charge on any atom is 0.328 e. The first kappa shape index (κ1) is 19.1. The SMILES string of the molecule is CCc1cc(/C=C/C(=O)O)c(O)cc1OCCCCC(C)CC. The molecule has 0 aliphatic rings. The Balaban J connectivity index is 2.65. The van der Waals surface area contributed by atoms with Crippen molar-refractivity contribution in [3.8, 4) is 11.5 Å². The zero-order chi connectivity index (χ0) is 17.2. The zero-order valence-electron chi connectivity index (χ0n) is 14.3. The van der Waals surface area contributed by atoms with Crippen molar-refractivity contribution in [2.45, 2.75) is 52.9 Å². The minimum Gasteiger partial charge on any atom is -0.507 e. The van der Waals surface area contributed by atoms with Crippen LogP contribution in [0.3, 0.4) is 0 Å². The number of benzene rings is 1. The molecule has 0 aliphatic carbocycles. The maximum atomic E-state index is 10.6. The number of hydrogen-bond acceptors (Lipinski definition) is 3. The monoisotopic (exact) mass is 320 g/mol. The summed E-state index contributed by atoms with van der Waals surface area (Å²) in [7, 11) is 0. The van der Waals surface area contributed by atoms with Gasteiger partial charge in [-0.25, -0.2) is 4.79 Å². The number of aliphatic carboxylic acids is 1. The minimum absolute atomic E-state index is 0.0364. The molecule has 0 fully saturated rings. The fraction of sp³-hybridized carbons (Fsp3) is 0.526. The lowest BCUT2D eigenvalue weighted by Crippen LogP contribution is -2.02. The third-order valence-electron chi connectivity index (χ3n) is 4.04. The van der Waals surface area contributed by atoms with Crippen molar-refractivity contribution in [2.75, 3.05) is 6.61 Å². The Kier molecular flexibility index (Phi) is 8.23. The van der Waals surface area contributed by atoms with E-state index in [9.17, 15) is 9.90 Å². The van der Waals surface area contributed by atoms with E-state index in [0.29, 0.717) is 17.9 Å². The van der Waals surface area contributed by atoms with Crippen LogP contribution in [0.1, 0.15) is 57.6 Å². The molecule has 0 aliphatic heterocycles. The van der Waals surface area contributed by atoms with E-state index in [4.69, 9.17) is 9.84 Å². The summed E-state index contributed by atoms with van der Waals surface area (Å²) >= 11 is 0. The second-order valence-corrected chi connectivity index (χ2v) is 5.90. The highest BCUT2D eigenvalue weighted by molar-refractivity contribution is 5.86. The molecule has 0 saturated heterocycles. The molecule has 0 spiro atoms. The Morgan fingerprint density at radius 2 is 2.04 bits per heavy atom. The van der Waals surface area contributed by atoms with E-state index < -0.39 is 5.97 Å². The van der Waals surface area contributed by atoms with Crippen molar-refractivity contribution in [3.05, 3.63) is 29.3 Å². The van der Waals surface area contributed by atoms with Crippen LogP contribution in [0.25, 0.3) is 6.08 Å². The highest BCUT2D eigenvalue weighted by Gasteiger charge is 2.08. The van der Waals surface area contributed by atoms with Crippen LogP contribution in [0.2, 0.25) is 0 Å². The summed E-state index contributed by atoms with van der Waals surface area (Å²) < 4.78 is 5.80. The van der Waals surface area contributed by atoms with E-state index in [1.165, 1.54) is 18.9 Å². The van der Waals surface area contributed by atoms with E-state index >= 15 is 0 Å². The second kappa shape index (κ2) is 9.93. The van der Waals surface area contributed by atoms with Gasteiger partial charge in [0.25, 0.3) is 0 Å². The lowest BCUT2D eigenvalue weighted by molar-refractivity contribution is -0.131. The van der Waals surface area contributed by atoms with Gasteiger partial charge in [0.15, 0.2) is 0 Å². The number of aryl methyl sites for hydroxylation is 1. The van der Waals surface area contributed by atoms with E-state index in [1.807, 2.05) is 6.92 Å². The standard InChI is InChI=1S/C19H28O4/c1-4-14(3)8-6-7-11-23-18-13-17(20)16(9-10-19(21)22)12-15(18)5-2/h9-10,12-14,20H,4-8,11H2,1-3H3,(H,21,22)/b10-9+. The summed E-state index contributed by atoms with van der Waals surface area (Å²) in [5.41, 5.74) is 1.46. The van der Waals surface area contributed by atoms with Crippen LogP contribution in [0.5, 0.6) is 11.5 Å². The number of carbonyl (C=O) groups is 1. The van der Waals surface area contributed by atoms with Crippen molar-refractivity contribution in [1.29, 1.82) is 0 Å². The first-order chi connectivity index (χ1) is 11.0. The molecule has 1 atom stereocenters. The van der Waals surface area contributed by atoms with Crippen LogP contribution in [0, 0.1) is 5.92 Å². The van der Waals surface area contributed by atoms with Crippen LogP contribution in [-0.2, 0) is 11.2 Å². The van der Waals surface area contributed by atoms with Crippen molar-refractivity contribution < 1.29 is 19.7 Å². The maximum absolute atomic E-state index is 10.6. The van der Waals surface area contributed by atoms with Gasteiger partial charge in [-0.3, -0.25) is 0 Å². The van der Waals surface area contributed by atoms with Crippen LogP contribution >= 0.6 is 0 Å². The third kappa shape index (κ3) is 6.76. The first-order valence-corrected chi connectivity index (χ1v) is 8.37. The molecule has 1 rings (SSSR count). The Hall–Kier alpha value is -1.97. The number of phenolic OH excluding ortho intramolecular Hbond substituents is 1. The van der Waals surface area contributed by atoms with Gasteiger partial charge < -0.3 is 14.9 Å². The summed E-state index contributed by atoms with van der Waals surface area (Å²) in [5, 5.41) is 18.7. The van der Waals surface area contributed by atoms with Gasteiger partial charge in [0.1, 0.15) is 11.5 Å². The predicted molar refractivity (Wildman–Crippen MR) is 93.0 cm³/mol. The molecule has 23 heavy (non-hydrogen) atoms. The largest absolute Gasteiger partial charge is 0.507 e. The average molecular weight is 320 g/mol. The highest BCUT2D eigenvalue weighted by atomic mass is 16.5. The van der Waals surface area contributed by atoms with Crippen LogP contribution in [0.4, 0.5) is 0 Å². The molecule has 1 aromatic carbocycles. The molecular formula is C19H28O4. The number of aromatic hydroxyl groups is 1. The first-order valence-electron chi connectivity index (χ1n) is 8.37. The Morgan fingerprint density at radius 1 is 1.30 bits per heavy atom. The topological polar surface area (TPSA) is 66.8 Å². The smallest absolute Gasteiger partial charge is 0.328 e. The molecule has 0 heterocycles. The normalized spacial score (nSPS) is 12.5.